The Morgan fingerprint density at radius 2 is 2.18 bits per heavy atom. The molecule has 1 aliphatic heterocycles. The first kappa shape index (κ1) is 12.1. The van der Waals surface area contributed by atoms with Crippen molar-refractivity contribution in [2.24, 2.45) is 0 Å². The van der Waals surface area contributed by atoms with Gasteiger partial charge in [-0.1, -0.05) is 30.3 Å². The molecule has 0 radical (unpaired) electrons. The molecule has 1 aromatic carbocycles. The molecule has 1 aromatic rings. The molecule has 1 fully saturated rings. The van der Waals surface area contributed by atoms with E-state index in [0.717, 1.165) is 6.42 Å². The Bertz CT molecular complexity index is 366. The SMILES string of the molecule is O=C(O)CN1CCO[C@@H](Cc2ccccc2)C1. The highest BCUT2D eigenvalue weighted by atomic mass is 16.5. The Labute approximate surface area is 101 Å². The highest BCUT2D eigenvalue weighted by Crippen LogP contribution is 2.11. The predicted molar refractivity (Wildman–Crippen MR) is 64.0 cm³/mol. The zero-order chi connectivity index (χ0) is 12.1. The molecule has 0 bridgehead atoms. The quantitative estimate of drug-likeness (QED) is 0.846. The second kappa shape index (κ2) is 5.80. The zero-order valence-corrected chi connectivity index (χ0v) is 9.71. The fourth-order valence-electron chi connectivity index (χ4n) is 2.12. The molecule has 0 aromatic heterocycles. The van der Waals surface area contributed by atoms with E-state index in [1.807, 2.05) is 23.1 Å². The van der Waals surface area contributed by atoms with Gasteiger partial charge in [-0.3, -0.25) is 9.69 Å². The summed E-state index contributed by atoms with van der Waals surface area (Å²) < 4.78 is 5.66. The third-order valence-corrected chi connectivity index (χ3v) is 2.89. The molecule has 4 nitrogen and oxygen atoms in total. The Balaban J connectivity index is 1.87. The van der Waals surface area contributed by atoms with Crippen LogP contribution < -0.4 is 0 Å². The Morgan fingerprint density at radius 1 is 1.41 bits per heavy atom. The van der Waals surface area contributed by atoms with Crippen LogP contribution in [-0.4, -0.2) is 48.3 Å². The minimum atomic E-state index is -0.773. The number of carboxylic acid groups (broad SMARTS) is 1. The summed E-state index contributed by atoms with van der Waals surface area (Å²) in [5, 5.41) is 8.76. The van der Waals surface area contributed by atoms with E-state index in [2.05, 4.69) is 12.1 Å². The number of ether oxygens (including phenoxy) is 1. The summed E-state index contributed by atoms with van der Waals surface area (Å²) in [5.41, 5.74) is 1.23. The van der Waals surface area contributed by atoms with Crippen LogP contribution in [0.5, 0.6) is 0 Å². The van der Waals surface area contributed by atoms with Crippen molar-refractivity contribution >= 4 is 5.97 Å². The van der Waals surface area contributed by atoms with E-state index in [0.29, 0.717) is 19.7 Å². The Hall–Kier alpha value is -1.39. The molecule has 1 N–H and O–H groups in total. The van der Waals surface area contributed by atoms with E-state index in [1.54, 1.807) is 0 Å². The number of hydrogen-bond donors (Lipinski definition) is 1. The van der Waals surface area contributed by atoms with Crippen LogP contribution in [0.15, 0.2) is 30.3 Å². The maximum absolute atomic E-state index is 10.7. The van der Waals surface area contributed by atoms with Crippen LogP contribution in [0.1, 0.15) is 5.56 Å². The molecule has 0 unspecified atom stereocenters. The smallest absolute Gasteiger partial charge is 0.317 e. The van der Waals surface area contributed by atoms with Gasteiger partial charge in [0, 0.05) is 13.1 Å². The van der Waals surface area contributed by atoms with Crippen molar-refractivity contribution < 1.29 is 14.6 Å². The molecule has 0 saturated carbocycles. The van der Waals surface area contributed by atoms with Crippen molar-refractivity contribution in [2.75, 3.05) is 26.2 Å². The van der Waals surface area contributed by atoms with Gasteiger partial charge in [-0.2, -0.15) is 0 Å². The molecule has 2 rings (SSSR count). The minimum Gasteiger partial charge on any atom is -0.480 e. The Morgan fingerprint density at radius 3 is 2.88 bits per heavy atom. The van der Waals surface area contributed by atoms with Crippen LogP contribution in [0, 0.1) is 0 Å². The monoisotopic (exact) mass is 235 g/mol. The van der Waals surface area contributed by atoms with Gasteiger partial charge in [0.2, 0.25) is 0 Å². The number of aliphatic carboxylic acids is 1. The van der Waals surface area contributed by atoms with Crippen molar-refractivity contribution in [1.82, 2.24) is 4.90 Å². The third kappa shape index (κ3) is 3.84. The lowest BCUT2D eigenvalue weighted by atomic mass is 10.1. The molecule has 0 aliphatic carbocycles. The molecule has 0 spiro atoms. The second-order valence-corrected chi connectivity index (χ2v) is 4.31. The molecule has 92 valence electrons. The van der Waals surface area contributed by atoms with E-state index in [9.17, 15) is 4.79 Å². The van der Waals surface area contributed by atoms with Gasteiger partial charge in [0.05, 0.1) is 19.3 Å². The van der Waals surface area contributed by atoms with Crippen molar-refractivity contribution in [3.63, 3.8) is 0 Å². The lowest BCUT2D eigenvalue weighted by Gasteiger charge is -2.31. The maximum Gasteiger partial charge on any atom is 0.317 e. The standard InChI is InChI=1S/C13H17NO3/c15-13(16)10-14-6-7-17-12(9-14)8-11-4-2-1-3-5-11/h1-5,12H,6-10H2,(H,15,16)/t12-/m0/s1. The summed E-state index contributed by atoms with van der Waals surface area (Å²) in [6.07, 6.45) is 0.947. The number of hydrogen-bond acceptors (Lipinski definition) is 3. The van der Waals surface area contributed by atoms with Gasteiger partial charge >= 0.3 is 5.97 Å². The lowest BCUT2D eigenvalue weighted by Crippen LogP contribution is -2.45. The topological polar surface area (TPSA) is 49.8 Å². The number of rotatable bonds is 4. The van der Waals surface area contributed by atoms with Crippen LogP contribution in [0.25, 0.3) is 0 Å². The molecule has 1 atom stereocenters. The average molecular weight is 235 g/mol. The first-order valence-electron chi connectivity index (χ1n) is 5.84. The molecule has 1 heterocycles. The number of carbonyl (C=O) groups is 1. The van der Waals surface area contributed by atoms with E-state index < -0.39 is 5.97 Å². The third-order valence-electron chi connectivity index (χ3n) is 2.89. The van der Waals surface area contributed by atoms with Gasteiger partial charge in [-0.15, -0.1) is 0 Å². The number of nitrogens with zero attached hydrogens (tertiary/aromatic N) is 1. The van der Waals surface area contributed by atoms with Gasteiger partial charge in [-0.25, -0.2) is 0 Å². The normalized spacial score (nSPS) is 21.3. The lowest BCUT2D eigenvalue weighted by molar-refractivity contribution is -0.140. The average Bonchev–Trinajstić information content (AvgIpc) is 2.30. The number of benzene rings is 1. The summed E-state index contributed by atoms with van der Waals surface area (Å²) in [4.78, 5) is 12.6. The van der Waals surface area contributed by atoms with Gasteiger partial charge in [0.1, 0.15) is 0 Å². The van der Waals surface area contributed by atoms with Crippen LogP contribution in [-0.2, 0) is 16.0 Å². The van der Waals surface area contributed by atoms with Crippen molar-refractivity contribution in [1.29, 1.82) is 0 Å². The summed E-state index contributed by atoms with van der Waals surface area (Å²) >= 11 is 0. The second-order valence-electron chi connectivity index (χ2n) is 4.31. The minimum absolute atomic E-state index is 0.102. The largest absolute Gasteiger partial charge is 0.480 e. The van der Waals surface area contributed by atoms with Gasteiger partial charge in [-0.05, 0) is 12.0 Å². The molecule has 1 aliphatic rings. The highest BCUT2D eigenvalue weighted by molar-refractivity contribution is 5.69. The predicted octanol–water partition coefficient (Wildman–Crippen LogP) is 1.01. The van der Waals surface area contributed by atoms with Gasteiger partial charge in [0.25, 0.3) is 0 Å². The Kier molecular flexibility index (Phi) is 4.12. The fourth-order valence-corrected chi connectivity index (χ4v) is 2.12. The molecule has 0 amide bonds. The van der Waals surface area contributed by atoms with Crippen molar-refractivity contribution in [3.05, 3.63) is 35.9 Å². The first-order valence-corrected chi connectivity index (χ1v) is 5.84. The van der Waals surface area contributed by atoms with Crippen molar-refractivity contribution in [3.8, 4) is 0 Å². The molecular weight excluding hydrogens is 218 g/mol. The first-order chi connectivity index (χ1) is 8.24. The van der Waals surface area contributed by atoms with E-state index in [1.165, 1.54) is 5.56 Å². The van der Waals surface area contributed by atoms with Crippen LogP contribution in [0.3, 0.4) is 0 Å². The van der Waals surface area contributed by atoms with E-state index in [-0.39, 0.29) is 12.6 Å². The summed E-state index contributed by atoms with van der Waals surface area (Å²) in [6.45, 7) is 2.12. The molecule has 1 saturated heterocycles. The van der Waals surface area contributed by atoms with Crippen molar-refractivity contribution in [2.45, 2.75) is 12.5 Å². The van der Waals surface area contributed by atoms with Crippen LogP contribution in [0.4, 0.5) is 0 Å². The number of morpholine rings is 1. The number of carboxylic acids is 1. The van der Waals surface area contributed by atoms with Crippen LogP contribution in [0.2, 0.25) is 0 Å². The summed E-state index contributed by atoms with van der Waals surface area (Å²) in [7, 11) is 0. The van der Waals surface area contributed by atoms with E-state index >= 15 is 0 Å². The zero-order valence-electron chi connectivity index (χ0n) is 9.71. The fraction of sp³-hybridized carbons (Fsp3) is 0.462. The van der Waals surface area contributed by atoms with E-state index in [4.69, 9.17) is 9.84 Å². The molecule has 17 heavy (non-hydrogen) atoms. The maximum atomic E-state index is 10.7. The summed E-state index contributed by atoms with van der Waals surface area (Å²) in [6, 6.07) is 10.1. The van der Waals surface area contributed by atoms with Crippen LogP contribution >= 0.6 is 0 Å². The summed E-state index contributed by atoms with van der Waals surface area (Å²) in [5.74, 6) is -0.773. The molecular formula is C13H17NO3. The van der Waals surface area contributed by atoms with Gasteiger partial charge < -0.3 is 9.84 Å². The molecule has 4 heteroatoms. The highest BCUT2D eigenvalue weighted by Gasteiger charge is 2.21. The van der Waals surface area contributed by atoms with Gasteiger partial charge in [0.15, 0.2) is 0 Å².